The molecule has 4 N–H and O–H groups in total. The van der Waals surface area contributed by atoms with E-state index in [-0.39, 0.29) is 0 Å². The van der Waals surface area contributed by atoms with Crippen LogP contribution in [0.25, 0.3) is 31.9 Å². The molecular weight excluding hydrogens is 302 g/mol. The lowest BCUT2D eigenvalue weighted by Gasteiger charge is -2.02. The number of aromatic nitrogens is 1. The Morgan fingerprint density at radius 2 is 1.26 bits per heavy atom. The maximum atomic E-state index is 6.03. The standard InChI is InChI=1S/C19H15N3S/c20-15-10-11-16(21)18-17(15)22-19(23-18)14-8-6-13(7-9-14)12-4-2-1-3-5-12/h1-11H,20-21H2. The lowest BCUT2D eigenvalue weighted by Crippen LogP contribution is -1.90. The van der Waals surface area contributed by atoms with E-state index in [1.165, 1.54) is 11.1 Å². The summed E-state index contributed by atoms with van der Waals surface area (Å²) in [7, 11) is 0. The Bertz CT molecular complexity index is 934. The third-order valence-electron chi connectivity index (χ3n) is 3.84. The molecule has 112 valence electrons. The van der Waals surface area contributed by atoms with Gasteiger partial charge < -0.3 is 11.5 Å². The topological polar surface area (TPSA) is 64.9 Å². The lowest BCUT2D eigenvalue weighted by atomic mass is 10.0. The summed E-state index contributed by atoms with van der Waals surface area (Å²) in [5.74, 6) is 0. The maximum Gasteiger partial charge on any atom is 0.124 e. The van der Waals surface area contributed by atoms with Crippen LogP contribution in [-0.4, -0.2) is 4.98 Å². The van der Waals surface area contributed by atoms with E-state index in [4.69, 9.17) is 11.5 Å². The van der Waals surface area contributed by atoms with Gasteiger partial charge in [-0.15, -0.1) is 11.3 Å². The number of nitrogen functional groups attached to an aromatic ring is 2. The Hall–Kier alpha value is -2.85. The summed E-state index contributed by atoms with van der Waals surface area (Å²) < 4.78 is 0.951. The van der Waals surface area contributed by atoms with Crippen molar-refractivity contribution in [2.24, 2.45) is 0 Å². The Morgan fingerprint density at radius 3 is 1.96 bits per heavy atom. The molecule has 0 unspecified atom stereocenters. The fourth-order valence-corrected chi connectivity index (χ4v) is 3.64. The first-order valence-electron chi connectivity index (χ1n) is 7.33. The van der Waals surface area contributed by atoms with Crippen LogP contribution in [0.2, 0.25) is 0 Å². The van der Waals surface area contributed by atoms with Gasteiger partial charge in [-0.2, -0.15) is 0 Å². The number of rotatable bonds is 2. The van der Waals surface area contributed by atoms with Crippen molar-refractivity contribution in [2.75, 3.05) is 11.5 Å². The molecule has 0 atom stereocenters. The molecule has 0 aliphatic carbocycles. The van der Waals surface area contributed by atoms with Gasteiger partial charge in [0.1, 0.15) is 10.5 Å². The second-order valence-corrected chi connectivity index (χ2v) is 6.38. The number of nitrogens with zero attached hydrogens (tertiary/aromatic N) is 1. The summed E-state index contributed by atoms with van der Waals surface area (Å²) in [6, 6.07) is 22.4. The van der Waals surface area contributed by atoms with Gasteiger partial charge >= 0.3 is 0 Å². The van der Waals surface area contributed by atoms with Crippen molar-refractivity contribution in [3.8, 4) is 21.7 Å². The van der Waals surface area contributed by atoms with Crippen LogP contribution >= 0.6 is 11.3 Å². The summed E-state index contributed by atoms with van der Waals surface area (Å²) >= 11 is 1.58. The highest BCUT2D eigenvalue weighted by Crippen LogP contribution is 2.36. The molecule has 3 nitrogen and oxygen atoms in total. The molecule has 3 aromatic carbocycles. The van der Waals surface area contributed by atoms with Crippen LogP contribution in [-0.2, 0) is 0 Å². The lowest BCUT2D eigenvalue weighted by molar-refractivity contribution is 1.47. The van der Waals surface area contributed by atoms with Crippen LogP contribution in [0, 0.1) is 0 Å². The summed E-state index contributed by atoms with van der Waals surface area (Å²) in [6.45, 7) is 0. The zero-order valence-electron chi connectivity index (χ0n) is 12.4. The highest BCUT2D eigenvalue weighted by Gasteiger charge is 2.11. The van der Waals surface area contributed by atoms with E-state index in [9.17, 15) is 0 Å². The molecule has 23 heavy (non-hydrogen) atoms. The van der Waals surface area contributed by atoms with Crippen molar-refractivity contribution in [1.82, 2.24) is 4.98 Å². The molecule has 0 aliphatic rings. The average Bonchev–Trinajstić information content (AvgIpc) is 3.06. The van der Waals surface area contributed by atoms with E-state index in [2.05, 4.69) is 41.4 Å². The molecular formula is C19H15N3S. The molecule has 0 spiro atoms. The van der Waals surface area contributed by atoms with Crippen LogP contribution in [0.1, 0.15) is 0 Å². The predicted octanol–water partition coefficient (Wildman–Crippen LogP) is 4.79. The van der Waals surface area contributed by atoms with E-state index >= 15 is 0 Å². The minimum atomic E-state index is 0.664. The molecule has 0 bridgehead atoms. The van der Waals surface area contributed by atoms with Crippen molar-refractivity contribution >= 4 is 32.9 Å². The normalized spacial score (nSPS) is 11.0. The molecule has 1 aromatic heterocycles. The van der Waals surface area contributed by atoms with E-state index in [0.29, 0.717) is 5.69 Å². The van der Waals surface area contributed by atoms with E-state index < -0.39 is 0 Å². The molecule has 4 rings (SSSR count). The Labute approximate surface area is 138 Å². The summed E-state index contributed by atoms with van der Waals surface area (Å²) in [4.78, 5) is 4.66. The van der Waals surface area contributed by atoms with Gasteiger partial charge in [-0.3, -0.25) is 0 Å². The average molecular weight is 317 g/mol. The highest BCUT2D eigenvalue weighted by molar-refractivity contribution is 7.22. The molecule has 0 fully saturated rings. The molecule has 0 saturated heterocycles. The Morgan fingerprint density at radius 1 is 0.652 bits per heavy atom. The molecule has 0 saturated carbocycles. The fourth-order valence-electron chi connectivity index (χ4n) is 2.60. The first-order valence-corrected chi connectivity index (χ1v) is 8.14. The quantitative estimate of drug-likeness (QED) is 0.522. The summed E-state index contributed by atoms with van der Waals surface area (Å²) in [5.41, 5.74) is 17.7. The van der Waals surface area contributed by atoms with E-state index in [1.807, 2.05) is 24.3 Å². The zero-order valence-corrected chi connectivity index (χ0v) is 13.2. The van der Waals surface area contributed by atoms with Gasteiger partial charge in [0, 0.05) is 5.56 Å². The van der Waals surface area contributed by atoms with E-state index in [1.54, 1.807) is 17.4 Å². The van der Waals surface area contributed by atoms with Gasteiger partial charge in [0.2, 0.25) is 0 Å². The van der Waals surface area contributed by atoms with Crippen molar-refractivity contribution in [3.05, 3.63) is 66.7 Å². The Kier molecular flexibility index (Phi) is 3.24. The van der Waals surface area contributed by atoms with Crippen LogP contribution in [0.5, 0.6) is 0 Å². The van der Waals surface area contributed by atoms with Crippen LogP contribution in [0.3, 0.4) is 0 Å². The second kappa shape index (κ2) is 5.41. The van der Waals surface area contributed by atoms with Gasteiger partial charge in [0.05, 0.1) is 16.1 Å². The number of fused-ring (bicyclic) bond motifs is 1. The van der Waals surface area contributed by atoms with Crippen molar-refractivity contribution in [2.45, 2.75) is 0 Å². The number of anilines is 2. The highest BCUT2D eigenvalue weighted by atomic mass is 32.1. The fraction of sp³-hybridized carbons (Fsp3) is 0. The molecule has 0 aliphatic heterocycles. The summed E-state index contributed by atoms with van der Waals surface area (Å²) in [5, 5.41) is 0.934. The van der Waals surface area contributed by atoms with Crippen LogP contribution in [0.4, 0.5) is 11.4 Å². The molecule has 0 amide bonds. The summed E-state index contributed by atoms with van der Waals surface area (Å²) in [6.07, 6.45) is 0. The van der Waals surface area contributed by atoms with Gasteiger partial charge in [-0.1, -0.05) is 54.6 Å². The van der Waals surface area contributed by atoms with Crippen molar-refractivity contribution in [3.63, 3.8) is 0 Å². The Balaban J connectivity index is 1.77. The van der Waals surface area contributed by atoms with E-state index in [0.717, 1.165) is 26.5 Å². The van der Waals surface area contributed by atoms with Crippen molar-refractivity contribution < 1.29 is 0 Å². The van der Waals surface area contributed by atoms with Crippen LogP contribution < -0.4 is 11.5 Å². The molecule has 4 aromatic rings. The maximum absolute atomic E-state index is 6.03. The third-order valence-corrected chi connectivity index (χ3v) is 5.00. The smallest absolute Gasteiger partial charge is 0.124 e. The van der Waals surface area contributed by atoms with Gasteiger partial charge in [0.15, 0.2) is 0 Å². The van der Waals surface area contributed by atoms with Gasteiger partial charge in [0.25, 0.3) is 0 Å². The van der Waals surface area contributed by atoms with Gasteiger partial charge in [-0.25, -0.2) is 4.98 Å². The SMILES string of the molecule is Nc1ccc(N)c2sc(-c3ccc(-c4ccccc4)cc3)nc12. The molecule has 0 radical (unpaired) electrons. The first-order chi connectivity index (χ1) is 11.2. The predicted molar refractivity (Wildman–Crippen MR) is 99.3 cm³/mol. The minimum Gasteiger partial charge on any atom is -0.398 e. The zero-order chi connectivity index (χ0) is 15.8. The second-order valence-electron chi connectivity index (χ2n) is 5.38. The first kappa shape index (κ1) is 13.8. The molecule has 4 heteroatoms. The number of benzene rings is 3. The number of hydrogen-bond donors (Lipinski definition) is 2. The minimum absolute atomic E-state index is 0.664. The van der Waals surface area contributed by atoms with Crippen molar-refractivity contribution in [1.29, 1.82) is 0 Å². The number of thiazole rings is 1. The van der Waals surface area contributed by atoms with Crippen LogP contribution in [0.15, 0.2) is 66.7 Å². The van der Waals surface area contributed by atoms with Gasteiger partial charge in [-0.05, 0) is 23.3 Å². The largest absolute Gasteiger partial charge is 0.398 e. The number of nitrogens with two attached hydrogens (primary N) is 2. The number of hydrogen-bond acceptors (Lipinski definition) is 4. The molecule has 1 heterocycles. The third kappa shape index (κ3) is 2.43. The monoisotopic (exact) mass is 317 g/mol.